The molecule has 11 heteroatoms. The number of rotatable bonds is 8. The first kappa shape index (κ1) is 19.1. The number of benzene rings is 1. The van der Waals surface area contributed by atoms with Crippen LogP contribution in [0.2, 0.25) is 0 Å². The minimum Gasteiger partial charge on any atom is -0.467 e. The molecule has 2 aromatic rings. The van der Waals surface area contributed by atoms with E-state index in [-0.39, 0.29) is 29.2 Å². The summed E-state index contributed by atoms with van der Waals surface area (Å²) in [5.41, 5.74) is 0.214. The van der Waals surface area contributed by atoms with Gasteiger partial charge < -0.3 is 15.4 Å². The molecule has 0 spiro atoms. The zero-order chi connectivity index (χ0) is 19.3. The van der Waals surface area contributed by atoms with Gasteiger partial charge in [0.25, 0.3) is 0 Å². The number of nitro groups is 1. The second-order valence-electron chi connectivity index (χ2n) is 5.98. The van der Waals surface area contributed by atoms with E-state index in [1.54, 1.807) is 0 Å². The fraction of sp³-hybridized carbons (Fsp3) is 0.467. The molecular weight excluding hydrogens is 346 g/mol. The maximum Gasteiger partial charge on any atom is 0.328 e. The van der Waals surface area contributed by atoms with E-state index in [0.717, 1.165) is 0 Å². The number of nitrogens with one attached hydrogen (secondary N) is 2. The maximum absolute atomic E-state index is 12.1. The number of esters is 1. The Balaban J connectivity index is 2.06. The number of amides is 1. The highest BCUT2D eigenvalue weighted by atomic mass is 16.6. The number of methoxy groups -OCH3 is 1. The van der Waals surface area contributed by atoms with Gasteiger partial charge in [0.2, 0.25) is 11.4 Å². The number of carbonyl (C=O) groups is 2. The van der Waals surface area contributed by atoms with Crippen LogP contribution in [-0.4, -0.2) is 46.8 Å². The van der Waals surface area contributed by atoms with Crippen LogP contribution >= 0.6 is 0 Å². The molecule has 1 atom stereocenters. The summed E-state index contributed by atoms with van der Waals surface area (Å²) in [5.74, 6) is -0.780. The molecule has 1 amide bonds. The minimum absolute atomic E-state index is 0.0207. The molecule has 0 saturated heterocycles. The fourth-order valence-corrected chi connectivity index (χ4v) is 2.39. The second-order valence-corrected chi connectivity index (χ2v) is 5.98. The molecule has 0 aliphatic rings. The van der Waals surface area contributed by atoms with E-state index in [1.807, 2.05) is 13.8 Å². The lowest BCUT2D eigenvalue weighted by Gasteiger charge is -2.18. The number of nitrogens with zero attached hydrogens (tertiary/aromatic N) is 3. The zero-order valence-electron chi connectivity index (χ0n) is 14.5. The van der Waals surface area contributed by atoms with Crippen LogP contribution in [0, 0.1) is 16.0 Å². The summed E-state index contributed by atoms with van der Waals surface area (Å²) < 4.78 is 9.24. The molecule has 0 saturated carbocycles. The number of hydrogen-bond acceptors (Lipinski definition) is 9. The lowest BCUT2D eigenvalue weighted by atomic mass is 10.0. The molecule has 0 fully saturated rings. The van der Waals surface area contributed by atoms with E-state index >= 15 is 0 Å². The molecular formula is C15H19N5O6. The lowest BCUT2D eigenvalue weighted by molar-refractivity contribution is -0.383. The van der Waals surface area contributed by atoms with Gasteiger partial charge in [0.05, 0.1) is 24.3 Å². The third-order valence-corrected chi connectivity index (χ3v) is 3.56. The summed E-state index contributed by atoms with van der Waals surface area (Å²) in [6.45, 7) is 3.67. The Morgan fingerprint density at radius 1 is 1.31 bits per heavy atom. The van der Waals surface area contributed by atoms with Crippen molar-refractivity contribution in [3.63, 3.8) is 0 Å². The van der Waals surface area contributed by atoms with Crippen molar-refractivity contribution < 1.29 is 23.9 Å². The monoisotopic (exact) mass is 365 g/mol. The van der Waals surface area contributed by atoms with Crippen molar-refractivity contribution in [2.75, 3.05) is 19.0 Å². The molecule has 2 rings (SSSR count). The first-order valence-corrected chi connectivity index (χ1v) is 7.84. The van der Waals surface area contributed by atoms with Crippen molar-refractivity contribution >= 4 is 34.3 Å². The summed E-state index contributed by atoms with van der Waals surface area (Å²) in [4.78, 5) is 34.2. The first-order valence-electron chi connectivity index (χ1n) is 7.84. The highest BCUT2D eigenvalue weighted by Gasteiger charge is 2.23. The third-order valence-electron chi connectivity index (χ3n) is 3.56. The number of carbonyl (C=O) groups excluding carboxylic acids is 2. The van der Waals surface area contributed by atoms with Crippen molar-refractivity contribution in [3.8, 4) is 0 Å². The average molecular weight is 365 g/mol. The van der Waals surface area contributed by atoms with Crippen molar-refractivity contribution in [1.29, 1.82) is 0 Å². The van der Waals surface area contributed by atoms with Crippen LogP contribution in [0.5, 0.6) is 0 Å². The van der Waals surface area contributed by atoms with E-state index < -0.39 is 22.8 Å². The van der Waals surface area contributed by atoms with E-state index in [4.69, 9.17) is 4.74 Å². The highest BCUT2D eigenvalue weighted by molar-refractivity contribution is 5.95. The Bertz CT molecular complexity index is 818. The number of nitro benzene ring substituents is 1. The Morgan fingerprint density at radius 2 is 2.00 bits per heavy atom. The van der Waals surface area contributed by atoms with Crippen molar-refractivity contribution in [2.24, 2.45) is 5.92 Å². The summed E-state index contributed by atoms with van der Waals surface area (Å²) >= 11 is 0. The van der Waals surface area contributed by atoms with Crippen molar-refractivity contribution in [2.45, 2.75) is 26.3 Å². The van der Waals surface area contributed by atoms with Crippen molar-refractivity contribution in [1.82, 2.24) is 15.6 Å². The molecule has 0 bridgehead atoms. The molecule has 140 valence electrons. The zero-order valence-corrected chi connectivity index (χ0v) is 14.5. The molecule has 1 aromatic heterocycles. The molecule has 26 heavy (non-hydrogen) atoms. The van der Waals surface area contributed by atoms with Gasteiger partial charge in [0.1, 0.15) is 6.04 Å². The molecule has 2 N–H and O–H groups in total. The van der Waals surface area contributed by atoms with Crippen LogP contribution in [-0.2, 0) is 14.3 Å². The van der Waals surface area contributed by atoms with Gasteiger partial charge in [-0.05, 0) is 28.7 Å². The molecule has 1 aromatic carbocycles. The standard InChI is InChI=1S/C15H19N5O6/c1-8(2)6-10(15(22)25-3)17-12(21)7-16-9-4-5-11(20(23)24)14-13(9)18-26-19-14/h4-5,8,10,16H,6-7H2,1-3H3,(H,17,21)/t10-/m1/s1. The van der Waals surface area contributed by atoms with Gasteiger partial charge in [-0.3, -0.25) is 14.9 Å². The largest absolute Gasteiger partial charge is 0.467 e. The number of aromatic nitrogens is 2. The summed E-state index contributed by atoms with van der Waals surface area (Å²) in [6.07, 6.45) is 0.438. The smallest absolute Gasteiger partial charge is 0.328 e. The van der Waals surface area contributed by atoms with Gasteiger partial charge >= 0.3 is 11.7 Å². The van der Waals surface area contributed by atoms with Crippen molar-refractivity contribution in [3.05, 3.63) is 22.2 Å². The van der Waals surface area contributed by atoms with Crippen LogP contribution in [0.15, 0.2) is 16.8 Å². The van der Waals surface area contributed by atoms with Gasteiger partial charge in [-0.1, -0.05) is 13.8 Å². The van der Waals surface area contributed by atoms with Crippen LogP contribution in [0.4, 0.5) is 11.4 Å². The topological polar surface area (TPSA) is 149 Å². The normalized spacial score (nSPS) is 12.0. The van der Waals surface area contributed by atoms with Gasteiger partial charge in [0, 0.05) is 6.07 Å². The highest BCUT2D eigenvalue weighted by Crippen LogP contribution is 2.28. The van der Waals surface area contributed by atoms with Crippen LogP contribution in [0.3, 0.4) is 0 Å². The third kappa shape index (κ3) is 4.43. The quantitative estimate of drug-likeness (QED) is 0.400. The molecule has 0 aliphatic heterocycles. The minimum atomic E-state index is -0.750. The van der Waals surface area contributed by atoms with Crippen LogP contribution < -0.4 is 10.6 Å². The Morgan fingerprint density at radius 3 is 2.62 bits per heavy atom. The average Bonchev–Trinajstić information content (AvgIpc) is 3.07. The van der Waals surface area contributed by atoms with Crippen LogP contribution in [0.25, 0.3) is 11.0 Å². The Hall–Kier alpha value is -3.24. The number of anilines is 1. The van der Waals surface area contributed by atoms with Gasteiger partial charge in [-0.25, -0.2) is 9.42 Å². The molecule has 1 heterocycles. The summed E-state index contributed by atoms with van der Waals surface area (Å²) in [5, 5.41) is 23.5. The van der Waals surface area contributed by atoms with Gasteiger partial charge in [0.15, 0.2) is 5.52 Å². The molecule has 0 aliphatic carbocycles. The summed E-state index contributed by atoms with van der Waals surface area (Å²) in [6, 6.07) is 1.90. The van der Waals surface area contributed by atoms with Crippen LogP contribution in [0.1, 0.15) is 20.3 Å². The second kappa shape index (κ2) is 8.23. The summed E-state index contributed by atoms with van der Waals surface area (Å²) in [7, 11) is 1.26. The SMILES string of the molecule is COC(=O)[C@@H](CC(C)C)NC(=O)CNc1ccc([N+](=O)[O-])c2nonc12. The number of ether oxygens (including phenoxy) is 1. The molecule has 11 nitrogen and oxygen atoms in total. The fourth-order valence-electron chi connectivity index (χ4n) is 2.39. The lowest BCUT2D eigenvalue weighted by Crippen LogP contribution is -2.44. The van der Waals surface area contributed by atoms with E-state index in [0.29, 0.717) is 12.1 Å². The number of fused-ring (bicyclic) bond motifs is 1. The van der Waals surface area contributed by atoms with Gasteiger partial charge in [-0.2, -0.15) is 0 Å². The maximum atomic E-state index is 12.1. The van der Waals surface area contributed by atoms with E-state index in [2.05, 4.69) is 25.6 Å². The number of hydrogen-bond donors (Lipinski definition) is 2. The predicted molar refractivity (Wildman–Crippen MR) is 90.3 cm³/mol. The Labute approximate surface area is 148 Å². The van der Waals surface area contributed by atoms with Gasteiger partial charge in [-0.15, -0.1) is 0 Å². The predicted octanol–water partition coefficient (Wildman–Crippen LogP) is 1.25. The molecule has 0 radical (unpaired) electrons. The van der Waals surface area contributed by atoms with E-state index in [9.17, 15) is 19.7 Å². The molecule has 0 unspecified atom stereocenters. The van der Waals surface area contributed by atoms with E-state index in [1.165, 1.54) is 19.2 Å². The Kier molecular flexibility index (Phi) is 6.04. The first-order chi connectivity index (χ1) is 12.3. The number of non-ortho nitro benzene ring substituents is 1.